The summed E-state index contributed by atoms with van der Waals surface area (Å²) in [4.78, 5) is 36.7. The number of carbonyl (C=O) groups excluding carboxylic acids is 2. The standard InChI is InChI=1S/C19H21N3O8S/c23-9-12(20-15(31)8-14(25)11-4-2-1-3-5-11)18(28)21(13(10-24)19(29)30)22-16(26)6-7-17(22)27/h1-7,12-13,23-24,26-27H,8-10H2,(H,20,31)(H,29,30)/t12-,13-/m0/s1. The van der Waals surface area contributed by atoms with E-state index in [1.165, 1.54) is 0 Å². The van der Waals surface area contributed by atoms with Crippen LogP contribution in [-0.4, -0.2) is 78.2 Å². The van der Waals surface area contributed by atoms with E-state index in [4.69, 9.17) is 12.2 Å². The molecule has 31 heavy (non-hydrogen) atoms. The number of ketones is 1. The van der Waals surface area contributed by atoms with Crippen molar-refractivity contribution in [1.82, 2.24) is 9.99 Å². The van der Waals surface area contributed by atoms with Crippen LogP contribution in [0.1, 0.15) is 16.8 Å². The number of aromatic nitrogens is 1. The van der Waals surface area contributed by atoms with Gasteiger partial charge in [-0.2, -0.15) is 4.68 Å². The summed E-state index contributed by atoms with van der Waals surface area (Å²) in [6, 6.07) is 6.77. The summed E-state index contributed by atoms with van der Waals surface area (Å²) in [5.74, 6) is -4.51. The first kappa shape index (κ1) is 23.8. The highest BCUT2D eigenvalue weighted by Crippen LogP contribution is 2.23. The van der Waals surface area contributed by atoms with Crippen LogP contribution in [0.2, 0.25) is 0 Å². The number of carboxylic acids is 1. The Hall–Kier alpha value is -3.48. The smallest absolute Gasteiger partial charge is 0.330 e. The molecule has 0 aliphatic carbocycles. The zero-order valence-electron chi connectivity index (χ0n) is 16.1. The van der Waals surface area contributed by atoms with Crippen LogP contribution in [0.5, 0.6) is 11.8 Å². The minimum absolute atomic E-state index is 0.0990. The van der Waals surface area contributed by atoms with Gasteiger partial charge in [-0.05, 0) is 0 Å². The molecule has 2 rings (SSSR count). The van der Waals surface area contributed by atoms with E-state index in [1.807, 2.05) is 0 Å². The second-order valence-corrected chi connectivity index (χ2v) is 6.84. The first-order chi connectivity index (χ1) is 14.7. The molecule has 0 spiro atoms. The molecule has 12 heteroatoms. The van der Waals surface area contributed by atoms with Gasteiger partial charge in [-0.1, -0.05) is 42.5 Å². The summed E-state index contributed by atoms with van der Waals surface area (Å²) in [6.07, 6.45) is -0.286. The largest absolute Gasteiger partial charge is 0.493 e. The van der Waals surface area contributed by atoms with E-state index in [0.29, 0.717) is 15.2 Å². The fraction of sp³-hybridized carbons (Fsp3) is 0.263. The molecule has 1 aromatic carbocycles. The van der Waals surface area contributed by atoms with Crippen molar-refractivity contribution in [3.8, 4) is 11.8 Å². The van der Waals surface area contributed by atoms with Gasteiger partial charge in [-0.3, -0.25) is 9.59 Å². The summed E-state index contributed by atoms with van der Waals surface area (Å²) in [5.41, 5.74) is 0.383. The van der Waals surface area contributed by atoms with Crippen molar-refractivity contribution in [2.24, 2.45) is 0 Å². The van der Waals surface area contributed by atoms with Crippen molar-refractivity contribution in [2.75, 3.05) is 18.2 Å². The second kappa shape index (κ2) is 10.5. The van der Waals surface area contributed by atoms with Gasteiger partial charge in [0.05, 0.1) is 24.6 Å². The van der Waals surface area contributed by atoms with Crippen LogP contribution in [0.4, 0.5) is 0 Å². The number of hydrogen-bond donors (Lipinski definition) is 6. The van der Waals surface area contributed by atoms with Gasteiger partial charge < -0.3 is 30.8 Å². The van der Waals surface area contributed by atoms with E-state index in [-0.39, 0.29) is 17.2 Å². The van der Waals surface area contributed by atoms with Crippen LogP contribution in [0.15, 0.2) is 42.5 Å². The second-order valence-electron chi connectivity index (χ2n) is 6.35. The first-order valence-electron chi connectivity index (χ1n) is 8.96. The molecule has 0 radical (unpaired) electrons. The number of thiocarbonyl (C=S) groups is 1. The van der Waals surface area contributed by atoms with Crippen LogP contribution in [-0.2, 0) is 9.59 Å². The lowest BCUT2D eigenvalue weighted by atomic mass is 10.1. The van der Waals surface area contributed by atoms with Crippen molar-refractivity contribution < 1.29 is 39.9 Å². The summed E-state index contributed by atoms with van der Waals surface area (Å²) in [5, 5.41) is 51.3. The van der Waals surface area contributed by atoms with Crippen molar-refractivity contribution in [3.05, 3.63) is 48.0 Å². The molecule has 0 aliphatic rings. The Kier molecular flexibility index (Phi) is 8.07. The Morgan fingerprint density at radius 2 is 1.58 bits per heavy atom. The molecule has 1 aromatic heterocycles. The number of aliphatic hydroxyl groups excluding tert-OH is 2. The maximum absolute atomic E-state index is 13.0. The number of amides is 1. The molecule has 0 unspecified atom stereocenters. The minimum Gasteiger partial charge on any atom is -0.493 e. The van der Waals surface area contributed by atoms with Crippen LogP contribution in [0.25, 0.3) is 0 Å². The van der Waals surface area contributed by atoms with E-state index in [9.17, 15) is 39.9 Å². The molecular formula is C19H21N3O8S. The topological polar surface area (TPSA) is 173 Å². The Morgan fingerprint density at radius 1 is 1.00 bits per heavy atom. The van der Waals surface area contributed by atoms with Gasteiger partial charge in [0.15, 0.2) is 11.8 Å². The monoisotopic (exact) mass is 451 g/mol. The van der Waals surface area contributed by atoms with Crippen molar-refractivity contribution in [2.45, 2.75) is 18.5 Å². The number of benzene rings is 1. The third-order valence-electron chi connectivity index (χ3n) is 4.24. The summed E-state index contributed by atoms with van der Waals surface area (Å²) in [7, 11) is 0. The van der Waals surface area contributed by atoms with Crippen LogP contribution in [0, 0.1) is 0 Å². The molecule has 166 valence electrons. The molecule has 0 fully saturated rings. The molecule has 2 aromatic rings. The lowest BCUT2D eigenvalue weighted by Gasteiger charge is -2.32. The minimum atomic E-state index is -1.91. The average Bonchev–Trinajstić information content (AvgIpc) is 3.07. The zero-order valence-corrected chi connectivity index (χ0v) is 16.9. The number of carboxylic acid groups (broad SMARTS) is 1. The van der Waals surface area contributed by atoms with Gasteiger partial charge in [-0.25, -0.2) is 9.80 Å². The van der Waals surface area contributed by atoms with Gasteiger partial charge >= 0.3 is 5.97 Å². The Bertz CT molecular complexity index is 943. The third kappa shape index (κ3) is 5.57. The Balaban J connectivity index is 2.26. The quantitative estimate of drug-likeness (QED) is 0.201. The number of carbonyl (C=O) groups is 3. The maximum Gasteiger partial charge on any atom is 0.330 e. The highest BCUT2D eigenvalue weighted by atomic mass is 32.1. The van der Waals surface area contributed by atoms with E-state index in [1.54, 1.807) is 30.3 Å². The summed E-state index contributed by atoms with van der Waals surface area (Å²) in [6.45, 7) is -1.93. The van der Waals surface area contributed by atoms with Crippen LogP contribution >= 0.6 is 12.2 Å². The highest BCUT2D eigenvalue weighted by Gasteiger charge is 2.37. The first-order valence-corrected chi connectivity index (χ1v) is 9.37. The number of nitrogens with zero attached hydrogens (tertiary/aromatic N) is 2. The molecular weight excluding hydrogens is 430 g/mol. The van der Waals surface area contributed by atoms with Crippen molar-refractivity contribution >= 4 is 34.9 Å². The highest BCUT2D eigenvalue weighted by molar-refractivity contribution is 7.80. The molecule has 6 N–H and O–H groups in total. The molecule has 2 atom stereocenters. The van der Waals surface area contributed by atoms with E-state index >= 15 is 0 Å². The van der Waals surface area contributed by atoms with Crippen molar-refractivity contribution in [1.29, 1.82) is 0 Å². The van der Waals surface area contributed by atoms with Crippen LogP contribution in [0.3, 0.4) is 0 Å². The number of Topliss-reactive ketones (excluding diaryl/α,β-unsaturated/α-hetero) is 1. The van der Waals surface area contributed by atoms with Crippen LogP contribution < -0.4 is 10.3 Å². The van der Waals surface area contributed by atoms with Gasteiger partial charge in [-0.15, -0.1) is 0 Å². The normalized spacial score (nSPS) is 12.6. The zero-order chi connectivity index (χ0) is 23.1. The molecule has 0 saturated carbocycles. The van der Waals surface area contributed by atoms with Crippen molar-refractivity contribution in [3.63, 3.8) is 0 Å². The molecule has 1 heterocycles. The lowest BCUT2D eigenvalue weighted by Crippen LogP contribution is -2.60. The summed E-state index contributed by atoms with van der Waals surface area (Å²) >= 11 is 5.09. The van der Waals surface area contributed by atoms with Gasteiger partial charge in [0.2, 0.25) is 11.8 Å². The molecule has 11 nitrogen and oxygen atoms in total. The predicted octanol–water partition coefficient (Wildman–Crippen LogP) is -0.640. The Labute approximate surface area is 181 Å². The maximum atomic E-state index is 13.0. The number of hydrogen-bond acceptors (Lipinski definition) is 8. The van der Waals surface area contributed by atoms with E-state index in [0.717, 1.165) is 12.1 Å². The number of rotatable bonds is 10. The predicted molar refractivity (Wildman–Crippen MR) is 111 cm³/mol. The molecule has 0 aliphatic heterocycles. The number of aromatic hydroxyl groups is 2. The van der Waals surface area contributed by atoms with Gasteiger partial charge in [0.1, 0.15) is 6.04 Å². The fourth-order valence-electron chi connectivity index (χ4n) is 2.74. The van der Waals surface area contributed by atoms with Gasteiger partial charge in [0, 0.05) is 17.7 Å². The summed E-state index contributed by atoms with van der Waals surface area (Å²) < 4.78 is 0.472. The molecule has 0 bridgehead atoms. The number of nitrogens with one attached hydrogen (secondary N) is 1. The molecule has 1 amide bonds. The lowest BCUT2D eigenvalue weighted by molar-refractivity contribution is -0.142. The van der Waals surface area contributed by atoms with Gasteiger partial charge in [0.25, 0.3) is 5.91 Å². The fourth-order valence-corrected chi connectivity index (χ4v) is 3.02. The number of aliphatic hydroxyl groups is 2. The van der Waals surface area contributed by atoms with E-state index < -0.39 is 48.9 Å². The SMILES string of the molecule is O=C(CC(=S)N[C@@H](CO)C(=O)N([C@@H](CO)C(=O)O)n1c(O)ccc1O)c1ccccc1. The number of aliphatic carboxylic acids is 1. The third-order valence-corrected chi connectivity index (χ3v) is 4.50. The Morgan fingerprint density at radius 3 is 2.06 bits per heavy atom. The molecule has 0 saturated heterocycles. The average molecular weight is 451 g/mol. The van der Waals surface area contributed by atoms with E-state index in [2.05, 4.69) is 5.32 Å².